The van der Waals surface area contributed by atoms with Crippen molar-refractivity contribution in [2.24, 2.45) is 0 Å². The predicted molar refractivity (Wildman–Crippen MR) is 72.5 cm³/mol. The molecule has 0 unspecified atom stereocenters. The molecule has 1 aromatic carbocycles. The fourth-order valence-electron chi connectivity index (χ4n) is 1.82. The van der Waals surface area contributed by atoms with Crippen LogP contribution in [-0.4, -0.2) is 18.0 Å². The van der Waals surface area contributed by atoms with Crippen molar-refractivity contribution in [2.45, 2.75) is 13.2 Å². The van der Waals surface area contributed by atoms with Crippen molar-refractivity contribution >= 4 is 5.91 Å². The SMILES string of the molecule is COCc1cccc(CNC(=O)c2ccnc(F)c2)c1. The lowest BCUT2D eigenvalue weighted by Crippen LogP contribution is -2.23. The summed E-state index contributed by atoms with van der Waals surface area (Å²) < 4.78 is 18.0. The Labute approximate surface area is 116 Å². The first-order valence-corrected chi connectivity index (χ1v) is 6.15. The Morgan fingerprint density at radius 3 is 2.85 bits per heavy atom. The standard InChI is InChI=1S/C15H15FN2O2/c1-20-10-12-4-2-3-11(7-12)9-18-15(19)13-5-6-17-14(16)8-13/h2-8H,9-10H2,1H3,(H,18,19). The van der Waals surface area contributed by atoms with E-state index in [0.717, 1.165) is 17.2 Å². The summed E-state index contributed by atoms with van der Waals surface area (Å²) in [5, 5.41) is 2.74. The van der Waals surface area contributed by atoms with Crippen LogP contribution in [0.5, 0.6) is 0 Å². The van der Waals surface area contributed by atoms with Crippen LogP contribution in [0.15, 0.2) is 42.6 Å². The molecular weight excluding hydrogens is 259 g/mol. The van der Waals surface area contributed by atoms with Crippen LogP contribution in [0.1, 0.15) is 21.5 Å². The van der Waals surface area contributed by atoms with E-state index in [2.05, 4.69) is 10.3 Å². The minimum absolute atomic E-state index is 0.255. The topological polar surface area (TPSA) is 51.2 Å². The van der Waals surface area contributed by atoms with E-state index >= 15 is 0 Å². The maximum absolute atomic E-state index is 12.9. The number of halogens is 1. The molecule has 0 saturated carbocycles. The first-order valence-electron chi connectivity index (χ1n) is 6.15. The molecule has 2 aromatic rings. The first kappa shape index (κ1) is 14.1. The number of amides is 1. The number of nitrogens with zero attached hydrogens (tertiary/aromatic N) is 1. The molecule has 1 N–H and O–H groups in total. The molecule has 1 amide bonds. The summed E-state index contributed by atoms with van der Waals surface area (Å²) in [5.41, 5.74) is 2.25. The lowest BCUT2D eigenvalue weighted by molar-refractivity contribution is 0.0950. The van der Waals surface area contributed by atoms with Gasteiger partial charge in [0.15, 0.2) is 0 Å². The second kappa shape index (κ2) is 6.77. The van der Waals surface area contributed by atoms with Gasteiger partial charge in [0, 0.05) is 31.5 Å². The van der Waals surface area contributed by atoms with Crippen LogP contribution >= 0.6 is 0 Å². The van der Waals surface area contributed by atoms with Gasteiger partial charge in [-0.15, -0.1) is 0 Å². The molecule has 2 rings (SSSR count). The number of carbonyl (C=O) groups excluding carboxylic acids is 1. The Kier molecular flexibility index (Phi) is 4.79. The van der Waals surface area contributed by atoms with Gasteiger partial charge in [0.2, 0.25) is 5.95 Å². The fraction of sp³-hybridized carbons (Fsp3) is 0.200. The number of hydrogen-bond acceptors (Lipinski definition) is 3. The quantitative estimate of drug-likeness (QED) is 0.851. The van der Waals surface area contributed by atoms with Gasteiger partial charge in [0.05, 0.1) is 6.61 Å². The highest BCUT2D eigenvalue weighted by Crippen LogP contribution is 2.07. The van der Waals surface area contributed by atoms with E-state index in [9.17, 15) is 9.18 Å². The number of carbonyl (C=O) groups is 1. The summed E-state index contributed by atoms with van der Waals surface area (Å²) in [6, 6.07) is 10.3. The number of rotatable bonds is 5. The third kappa shape index (κ3) is 3.86. The maximum Gasteiger partial charge on any atom is 0.251 e. The summed E-state index contributed by atoms with van der Waals surface area (Å²) in [7, 11) is 1.63. The summed E-state index contributed by atoms with van der Waals surface area (Å²) >= 11 is 0. The molecule has 0 radical (unpaired) electrons. The number of ether oxygens (including phenoxy) is 1. The molecule has 0 atom stereocenters. The number of methoxy groups -OCH3 is 1. The van der Waals surface area contributed by atoms with Gasteiger partial charge < -0.3 is 10.1 Å². The first-order chi connectivity index (χ1) is 9.69. The lowest BCUT2D eigenvalue weighted by Gasteiger charge is -2.07. The molecule has 1 aromatic heterocycles. The zero-order chi connectivity index (χ0) is 14.4. The number of aromatic nitrogens is 1. The van der Waals surface area contributed by atoms with Crippen molar-refractivity contribution in [3.8, 4) is 0 Å². The van der Waals surface area contributed by atoms with E-state index in [4.69, 9.17) is 4.74 Å². The third-order valence-electron chi connectivity index (χ3n) is 2.74. The summed E-state index contributed by atoms with van der Waals surface area (Å²) in [6.07, 6.45) is 1.27. The molecule has 0 fully saturated rings. The van der Waals surface area contributed by atoms with Crippen LogP contribution in [0.3, 0.4) is 0 Å². The van der Waals surface area contributed by atoms with Gasteiger partial charge in [-0.3, -0.25) is 4.79 Å². The Morgan fingerprint density at radius 2 is 2.10 bits per heavy atom. The van der Waals surface area contributed by atoms with Crippen molar-refractivity contribution in [1.29, 1.82) is 0 Å². The van der Waals surface area contributed by atoms with Gasteiger partial charge in [-0.1, -0.05) is 24.3 Å². The molecule has 0 spiro atoms. The van der Waals surface area contributed by atoms with Gasteiger partial charge in [-0.2, -0.15) is 4.39 Å². The Hall–Kier alpha value is -2.27. The average Bonchev–Trinajstić information content (AvgIpc) is 2.45. The monoisotopic (exact) mass is 274 g/mol. The molecule has 0 saturated heterocycles. The van der Waals surface area contributed by atoms with Crippen LogP contribution in [0.25, 0.3) is 0 Å². The van der Waals surface area contributed by atoms with E-state index in [0.29, 0.717) is 13.2 Å². The van der Waals surface area contributed by atoms with Crippen molar-refractivity contribution in [2.75, 3.05) is 7.11 Å². The number of benzene rings is 1. The Balaban J connectivity index is 1.98. The number of hydrogen-bond donors (Lipinski definition) is 1. The Morgan fingerprint density at radius 1 is 1.30 bits per heavy atom. The zero-order valence-corrected chi connectivity index (χ0v) is 11.1. The summed E-state index contributed by atoms with van der Waals surface area (Å²) in [4.78, 5) is 15.3. The highest BCUT2D eigenvalue weighted by Gasteiger charge is 2.06. The van der Waals surface area contributed by atoms with E-state index in [-0.39, 0.29) is 11.5 Å². The van der Waals surface area contributed by atoms with Gasteiger partial charge in [-0.25, -0.2) is 4.98 Å². The normalized spacial score (nSPS) is 10.3. The molecule has 0 aliphatic rings. The van der Waals surface area contributed by atoms with Crippen LogP contribution in [0.2, 0.25) is 0 Å². The second-order valence-corrected chi connectivity index (χ2v) is 4.30. The largest absolute Gasteiger partial charge is 0.380 e. The van der Waals surface area contributed by atoms with Crippen LogP contribution in [0.4, 0.5) is 4.39 Å². The number of pyridine rings is 1. The molecule has 1 heterocycles. The van der Waals surface area contributed by atoms with E-state index < -0.39 is 5.95 Å². The molecule has 5 heteroatoms. The fourth-order valence-corrected chi connectivity index (χ4v) is 1.82. The van der Waals surface area contributed by atoms with Gasteiger partial charge in [0.1, 0.15) is 0 Å². The number of nitrogens with one attached hydrogen (secondary N) is 1. The highest BCUT2D eigenvalue weighted by molar-refractivity contribution is 5.93. The van der Waals surface area contributed by atoms with Crippen molar-refractivity contribution in [3.05, 3.63) is 65.2 Å². The average molecular weight is 274 g/mol. The summed E-state index contributed by atoms with van der Waals surface area (Å²) in [6.45, 7) is 0.900. The van der Waals surface area contributed by atoms with Crippen molar-refractivity contribution in [1.82, 2.24) is 10.3 Å². The molecule has 0 aliphatic carbocycles. The summed E-state index contributed by atoms with van der Waals surface area (Å²) in [5.74, 6) is -0.997. The van der Waals surface area contributed by atoms with E-state index in [1.54, 1.807) is 7.11 Å². The van der Waals surface area contributed by atoms with E-state index in [1.807, 2.05) is 24.3 Å². The highest BCUT2D eigenvalue weighted by atomic mass is 19.1. The van der Waals surface area contributed by atoms with Crippen LogP contribution in [0, 0.1) is 5.95 Å². The van der Waals surface area contributed by atoms with E-state index in [1.165, 1.54) is 12.3 Å². The second-order valence-electron chi connectivity index (χ2n) is 4.30. The van der Waals surface area contributed by atoms with Crippen LogP contribution < -0.4 is 5.32 Å². The van der Waals surface area contributed by atoms with Gasteiger partial charge >= 0.3 is 0 Å². The molecule has 0 bridgehead atoms. The predicted octanol–water partition coefficient (Wildman–Crippen LogP) is 2.30. The lowest BCUT2D eigenvalue weighted by atomic mass is 10.1. The Bertz CT molecular complexity index is 602. The smallest absolute Gasteiger partial charge is 0.251 e. The third-order valence-corrected chi connectivity index (χ3v) is 2.74. The molecule has 20 heavy (non-hydrogen) atoms. The molecular formula is C15H15FN2O2. The molecule has 4 nitrogen and oxygen atoms in total. The zero-order valence-electron chi connectivity index (χ0n) is 11.1. The van der Waals surface area contributed by atoms with Crippen LogP contribution in [-0.2, 0) is 17.9 Å². The van der Waals surface area contributed by atoms with Crippen molar-refractivity contribution in [3.63, 3.8) is 0 Å². The molecule has 104 valence electrons. The van der Waals surface area contributed by atoms with Gasteiger partial charge in [0.25, 0.3) is 5.91 Å². The van der Waals surface area contributed by atoms with Crippen molar-refractivity contribution < 1.29 is 13.9 Å². The minimum atomic E-state index is -0.667. The van der Waals surface area contributed by atoms with Gasteiger partial charge in [-0.05, 0) is 17.2 Å². The minimum Gasteiger partial charge on any atom is -0.380 e. The maximum atomic E-state index is 12.9. The molecule has 0 aliphatic heterocycles.